The number of aliphatic hydroxyl groups is 2. The van der Waals surface area contributed by atoms with Gasteiger partial charge in [0.05, 0.1) is 12.2 Å². The van der Waals surface area contributed by atoms with Crippen LogP contribution >= 0.6 is 0 Å². The summed E-state index contributed by atoms with van der Waals surface area (Å²) in [5.74, 6) is 3.10. The summed E-state index contributed by atoms with van der Waals surface area (Å²) in [5.41, 5.74) is 2.47. The Labute approximate surface area is 192 Å². The Morgan fingerprint density at radius 2 is 1.81 bits per heavy atom. The monoisotopic (exact) mass is 430 g/mol. The lowest BCUT2D eigenvalue weighted by Crippen LogP contribution is -2.54. The second-order valence-corrected chi connectivity index (χ2v) is 13.1. The molecule has 0 aromatic heterocycles. The fourth-order valence-electron chi connectivity index (χ4n) is 9.55. The quantitative estimate of drug-likeness (QED) is 0.440. The van der Waals surface area contributed by atoms with Crippen LogP contribution in [0.3, 0.4) is 0 Å². The van der Waals surface area contributed by atoms with Crippen molar-refractivity contribution < 1.29 is 10.2 Å². The first kappa shape index (κ1) is 23.8. The Bertz CT molecular complexity index is 682. The lowest BCUT2D eigenvalue weighted by molar-refractivity contribution is -0.0716. The molecule has 0 aromatic rings. The van der Waals surface area contributed by atoms with Crippen LogP contribution in [-0.2, 0) is 0 Å². The molecule has 9 atom stereocenters. The summed E-state index contributed by atoms with van der Waals surface area (Å²) in [6, 6.07) is 0. The molecule has 0 heterocycles. The molecular weight excluding hydrogens is 380 g/mol. The van der Waals surface area contributed by atoms with E-state index >= 15 is 0 Å². The van der Waals surface area contributed by atoms with Crippen LogP contribution in [0.4, 0.5) is 0 Å². The highest BCUT2D eigenvalue weighted by atomic mass is 16.3. The van der Waals surface area contributed by atoms with Gasteiger partial charge < -0.3 is 10.2 Å². The number of hydrogen-bond donors (Lipinski definition) is 2. The molecule has 2 N–H and O–H groups in total. The van der Waals surface area contributed by atoms with E-state index in [1.54, 1.807) is 5.57 Å². The molecule has 0 aliphatic heterocycles. The van der Waals surface area contributed by atoms with Crippen LogP contribution in [0, 0.1) is 45.8 Å². The van der Waals surface area contributed by atoms with Gasteiger partial charge in [-0.15, -0.1) is 0 Å². The van der Waals surface area contributed by atoms with E-state index in [1.807, 2.05) is 0 Å². The van der Waals surface area contributed by atoms with Gasteiger partial charge in [0, 0.05) is 0 Å². The molecule has 178 valence electrons. The third-order valence-corrected chi connectivity index (χ3v) is 11.3. The smallest absolute Gasteiger partial charge is 0.0585 e. The van der Waals surface area contributed by atoms with E-state index in [-0.39, 0.29) is 23.0 Å². The summed E-state index contributed by atoms with van der Waals surface area (Å²) < 4.78 is 0. The molecule has 4 aliphatic carbocycles. The molecule has 0 spiro atoms. The maximum atomic E-state index is 11.5. The Kier molecular flexibility index (Phi) is 6.50. The maximum absolute atomic E-state index is 11.5. The van der Waals surface area contributed by atoms with Crippen molar-refractivity contribution in [2.75, 3.05) is 0 Å². The Morgan fingerprint density at radius 3 is 2.48 bits per heavy atom. The molecule has 4 rings (SSSR count). The summed E-state index contributed by atoms with van der Waals surface area (Å²) in [7, 11) is 0. The molecule has 0 bridgehead atoms. The molecule has 2 heteroatoms. The van der Waals surface area contributed by atoms with Crippen molar-refractivity contribution in [3.05, 3.63) is 11.6 Å². The summed E-state index contributed by atoms with van der Waals surface area (Å²) >= 11 is 0. The van der Waals surface area contributed by atoms with Crippen LogP contribution in [0.25, 0.3) is 0 Å². The van der Waals surface area contributed by atoms with E-state index in [1.165, 1.54) is 44.9 Å². The van der Waals surface area contributed by atoms with E-state index < -0.39 is 0 Å². The van der Waals surface area contributed by atoms with Gasteiger partial charge in [-0.1, -0.05) is 72.5 Å². The largest absolute Gasteiger partial charge is 0.393 e. The SMILES string of the molecule is CC[C@@]12C[C@@H](O)[C@H]([C@H](C)CCCC(C)C)[C@@]1(C)CC[C@H]1C2=CC[C@H]2C[C@@H](O)CC[C@@]21C. The summed E-state index contributed by atoms with van der Waals surface area (Å²) in [5, 5.41) is 21.9. The van der Waals surface area contributed by atoms with Crippen molar-refractivity contribution in [1.82, 2.24) is 0 Å². The summed E-state index contributed by atoms with van der Waals surface area (Å²) in [6.45, 7) is 14.6. The number of rotatable bonds is 6. The third kappa shape index (κ3) is 3.58. The zero-order valence-electron chi connectivity index (χ0n) is 21.3. The predicted octanol–water partition coefficient (Wildman–Crippen LogP) is 7.14. The van der Waals surface area contributed by atoms with Crippen molar-refractivity contribution in [2.24, 2.45) is 45.8 Å². The Hall–Kier alpha value is -0.340. The molecule has 0 unspecified atom stereocenters. The second-order valence-electron chi connectivity index (χ2n) is 13.1. The fraction of sp³-hybridized carbons (Fsp3) is 0.931. The number of fused-ring (bicyclic) bond motifs is 5. The zero-order chi connectivity index (χ0) is 22.6. The highest BCUT2D eigenvalue weighted by Gasteiger charge is 2.67. The maximum Gasteiger partial charge on any atom is 0.0585 e. The summed E-state index contributed by atoms with van der Waals surface area (Å²) in [4.78, 5) is 0. The van der Waals surface area contributed by atoms with Crippen LogP contribution in [0.5, 0.6) is 0 Å². The van der Waals surface area contributed by atoms with E-state index in [0.29, 0.717) is 29.1 Å². The van der Waals surface area contributed by atoms with Crippen molar-refractivity contribution in [2.45, 2.75) is 124 Å². The first-order valence-electron chi connectivity index (χ1n) is 13.7. The average Bonchev–Trinajstić information content (AvgIpc) is 2.95. The van der Waals surface area contributed by atoms with Crippen LogP contribution in [0.15, 0.2) is 11.6 Å². The Balaban J connectivity index is 1.64. The summed E-state index contributed by atoms with van der Waals surface area (Å²) in [6.07, 6.45) is 15.2. The van der Waals surface area contributed by atoms with Gasteiger partial charge in [0.1, 0.15) is 0 Å². The van der Waals surface area contributed by atoms with Gasteiger partial charge in [-0.3, -0.25) is 0 Å². The molecule has 0 saturated heterocycles. The molecular formula is C29H50O2. The first-order valence-corrected chi connectivity index (χ1v) is 13.7. The number of aliphatic hydroxyl groups excluding tert-OH is 2. The van der Waals surface area contributed by atoms with Crippen LogP contribution < -0.4 is 0 Å². The third-order valence-electron chi connectivity index (χ3n) is 11.3. The highest BCUT2D eigenvalue weighted by Crippen LogP contribution is 2.73. The first-order chi connectivity index (χ1) is 14.6. The van der Waals surface area contributed by atoms with Crippen LogP contribution in [0.2, 0.25) is 0 Å². The lowest BCUT2D eigenvalue weighted by Gasteiger charge is -2.62. The van der Waals surface area contributed by atoms with Crippen molar-refractivity contribution in [3.8, 4) is 0 Å². The zero-order valence-corrected chi connectivity index (χ0v) is 21.3. The average molecular weight is 431 g/mol. The minimum absolute atomic E-state index is 0.0913. The minimum atomic E-state index is -0.155. The molecule has 0 radical (unpaired) electrons. The van der Waals surface area contributed by atoms with Crippen LogP contribution in [-0.4, -0.2) is 22.4 Å². The van der Waals surface area contributed by atoms with Gasteiger partial charge in [0.25, 0.3) is 0 Å². The second kappa shape index (κ2) is 8.46. The lowest BCUT2D eigenvalue weighted by atomic mass is 9.42. The number of hydrogen-bond acceptors (Lipinski definition) is 2. The van der Waals surface area contributed by atoms with E-state index in [4.69, 9.17) is 0 Å². The van der Waals surface area contributed by atoms with Gasteiger partial charge in [0.2, 0.25) is 0 Å². The van der Waals surface area contributed by atoms with Gasteiger partial charge in [-0.2, -0.15) is 0 Å². The standard InChI is InChI=1S/C29H50O2/c1-7-29-18-25(31)26(20(4)10-8-9-19(2)3)28(29,6)16-14-23-24(29)12-11-21-17-22(30)13-15-27(21,23)5/h12,19-23,25-26,30-31H,7-11,13-18H2,1-6H3/t20-,21+,22+,23+,25-,26+,27+,28-,29+/m1/s1. The fourth-order valence-corrected chi connectivity index (χ4v) is 9.55. The van der Waals surface area contributed by atoms with Gasteiger partial charge in [-0.05, 0) is 97.2 Å². The molecule has 4 aliphatic rings. The molecule has 3 fully saturated rings. The molecule has 0 amide bonds. The highest BCUT2D eigenvalue weighted by molar-refractivity contribution is 5.34. The minimum Gasteiger partial charge on any atom is -0.393 e. The van der Waals surface area contributed by atoms with Crippen molar-refractivity contribution >= 4 is 0 Å². The van der Waals surface area contributed by atoms with Gasteiger partial charge in [-0.25, -0.2) is 0 Å². The Morgan fingerprint density at radius 1 is 1.06 bits per heavy atom. The predicted molar refractivity (Wildman–Crippen MR) is 130 cm³/mol. The van der Waals surface area contributed by atoms with Crippen molar-refractivity contribution in [1.29, 1.82) is 0 Å². The van der Waals surface area contributed by atoms with Crippen molar-refractivity contribution in [3.63, 3.8) is 0 Å². The van der Waals surface area contributed by atoms with E-state index in [9.17, 15) is 10.2 Å². The topological polar surface area (TPSA) is 40.5 Å². The molecule has 2 nitrogen and oxygen atoms in total. The van der Waals surface area contributed by atoms with E-state index in [2.05, 4.69) is 47.6 Å². The van der Waals surface area contributed by atoms with Gasteiger partial charge in [0.15, 0.2) is 0 Å². The van der Waals surface area contributed by atoms with Crippen LogP contribution in [0.1, 0.15) is 112 Å². The van der Waals surface area contributed by atoms with Gasteiger partial charge >= 0.3 is 0 Å². The molecule has 31 heavy (non-hydrogen) atoms. The molecule has 3 saturated carbocycles. The van der Waals surface area contributed by atoms with E-state index in [0.717, 1.165) is 31.6 Å². The normalized spacial score (nSPS) is 48.0. The molecule has 0 aromatic carbocycles. The number of allylic oxidation sites excluding steroid dienone is 2.